The summed E-state index contributed by atoms with van der Waals surface area (Å²) < 4.78 is 5.41. The van der Waals surface area contributed by atoms with Gasteiger partial charge in [-0.2, -0.15) is 4.98 Å². The first-order valence-electron chi connectivity index (χ1n) is 10.5. The Bertz CT molecular complexity index is 1020. The number of benzene rings is 1. The first-order chi connectivity index (χ1) is 15.2. The second-order valence-corrected chi connectivity index (χ2v) is 8.82. The summed E-state index contributed by atoms with van der Waals surface area (Å²) in [7, 11) is 0. The van der Waals surface area contributed by atoms with E-state index >= 15 is 0 Å². The number of anilines is 3. The molecule has 0 saturated carbocycles. The lowest BCUT2D eigenvalue weighted by molar-refractivity contribution is -0.123. The van der Waals surface area contributed by atoms with Crippen molar-refractivity contribution in [3.63, 3.8) is 0 Å². The van der Waals surface area contributed by atoms with Gasteiger partial charge >= 0.3 is 6.09 Å². The van der Waals surface area contributed by atoms with Crippen LogP contribution in [0.5, 0.6) is 0 Å². The third-order valence-corrected chi connectivity index (χ3v) is 5.25. The lowest BCUT2D eigenvalue weighted by Crippen LogP contribution is -2.50. The molecule has 0 unspecified atom stereocenters. The summed E-state index contributed by atoms with van der Waals surface area (Å²) in [6.45, 7) is 7.56. The van der Waals surface area contributed by atoms with Gasteiger partial charge in [-0.1, -0.05) is 18.2 Å². The SMILES string of the molecule is CC(C)(C)OC(=O)N1CCN(c2n[nH]c(NC(=O)[C@@H]3CC(=O)Nc4ccccc43)n2)CC1. The Labute approximate surface area is 185 Å². The van der Waals surface area contributed by atoms with Crippen molar-refractivity contribution >= 4 is 35.5 Å². The van der Waals surface area contributed by atoms with Gasteiger partial charge in [-0.3, -0.25) is 14.9 Å². The van der Waals surface area contributed by atoms with E-state index in [1.54, 1.807) is 11.0 Å². The summed E-state index contributed by atoms with van der Waals surface area (Å²) in [5.74, 6) is -0.491. The lowest BCUT2D eigenvalue weighted by atomic mass is 9.90. The number of H-pyrrole nitrogens is 1. The zero-order valence-electron chi connectivity index (χ0n) is 18.3. The molecule has 1 aromatic heterocycles. The Hall–Kier alpha value is -3.63. The number of fused-ring (bicyclic) bond motifs is 1. The fraction of sp³-hybridized carbons (Fsp3) is 0.476. The van der Waals surface area contributed by atoms with Gasteiger partial charge in [-0.05, 0) is 32.4 Å². The van der Waals surface area contributed by atoms with Crippen LogP contribution in [0.15, 0.2) is 24.3 Å². The Balaban J connectivity index is 1.36. The van der Waals surface area contributed by atoms with Gasteiger partial charge in [-0.15, -0.1) is 5.10 Å². The van der Waals surface area contributed by atoms with Crippen molar-refractivity contribution < 1.29 is 19.1 Å². The summed E-state index contributed by atoms with van der Waals surface area (Å²) in [5.41, 5.74) is 0.873. The number of nitrogens with zero attached hydrogens (tertiary/aromatic N) is 4. The van der Waals surface area contributed by atoms with Crippen LogP contribution in [0.2, 0.25) is 0 Å². The molecule has 2 aliphatic rings. The Morgan fingerprint density at radius 3 is 2.59 bits per heavy atom. The number of aromatic amines is 1. The molecule has 0 radical (unpaired) electrons. The molecule has 3 heterocycles. The van der Waals surface area contributed by atoms with Gasteiger partial charge < -0.3 is 19.9 Å². The van der Waals surface area contributed by atoms with Crippen molar-refractivity contribution in [2.24, 2.45) is 0 Å². The number of hydrogen-bond acceptors (Lipinski definition) is 7. The third kappa shape index (κ3) is 4.82. The summed E-state index contributed by atoms with van der Waals surface area (Å²) in [5, 5.41) is 12.4. The molecular weight excluding hydrogens is 414 g/mol. The molecule has 2 aliphatic heterocycles. The van der Waals surface area contributed by atoms with Crippen molar-refractivity contribution in [1.82, 2.24) is 20.1 Å². The Kier molecular flexibility index (Phi) is 5.72. The highest BCUT2D eigenvalue weighted by Gasteiger charge is 2.31. The molecule has 0 bridgehead atoms. The van der Waals surface area contributed by atoms with E-state index in [1.807, 2.05) is 43.9 Å². The van der Waals surface area contributed by atoms with Gasteiger partial charge in [0.25, 0.3) is 0 Å². The standard InChI is InChI=1S/C21H27N7O4/c1-21(2,3)32-20(31)28-10-8-27(9-11-28)19-24-18(25-26-19)23-17(30)14-12-16(29)22-15-7-5-4-6-13(14)15/h4-7,14H,8-12H2,1-3H3,(H,22,29)(H2,23,24,25,26,30)/t14-/m1/s1. The highest BCUT2D eigenvalue weighted by Crippen LogP contribution is 2.32. The molecule has 0 spiro atoms. The van der Waals surface area contributed by atoms with Gasteiger partial charge in [0, 0.05) is 38.3 Å². The fourth-order valence-corrected chi connectivity index (χ4v) is 3.71. The molecule has 11 heteroatoms. The lowest BCUT2D eigenvalue weighted by Gasteiger charge is -2.35. The monoisotopic (exact) mass is 441 g/mol. The third-order valence-electron chi connectivity index (χ3n) is 5.25. The van der Waals surface area contributed by atoms with Crippen LogP contribution in [0.4, 0.5) is 22.4 Å². The van der Waals surface area contributed by atoms with Crippen LogP contribution in [-0.2, 0) is 14.3 Å². The van der Waals surface area contributed by atoms with Crippen LogP contribution in [0.25, 0.3) is 0 Å². The smallest absolute Gasteiger partial charge is 0.410 e. The Morgan fingerprint density at radius 2 is 1.88 bits per heavy atom. The second kappa shape index (κ2) is 8.48. The molecule has 3 N–H and O–H groups in total. The number of rotatable bonds is 3. The summed E-state index contributed by atoms with van der Waals surface area (Å²) >= 11 is 0. The van der Waals surface area contributed by atoms with Crippen LogP contribution < -0.4 is 15.5 Å². The predicted molar refractivity (Wildman–Crippen MR) is 117 cm³/mol. The number of carbonyl (C=O) groups excluding carboxylic acids is 3. The molecule has 32 heavy (non-hydrogen) atoms. The van der Waals surface area contributed by atoms with Crippen molar-refractivity contribution in [3.8, 4) is 0 Å². The van der Waals surface area contributed by atoms with E-state index in [0.29, 0.717) is 37.8 Å². The molecule has 1 aromatic carbocycles. The summed E-state index contributed by atoms with van der Waals surface area (Å²) in [6, 6.07) is 7.25. The van der Waals surface area contributed by atoms with E-state index in [1.165, 1.54) is 0 Å². The fourth-order valence-electron chi connectivity index (χ4n) is 3.71. The molecule has 1 atom stereocenters. The summed E-state index contributed by atoms with van der Waals surface area (Å²) in [6.07, 6.45) is -0.270. The highest BCUT2D eigenvalue weighted by atomic mass is 16.6. The molecule has 2 aromatic rings. The molecule has 4 rings (SSSR count). The molecule has 0 aliphatic carbocycles. The number of hydrogen-bond donors (Lipinski definition) is 3. The van der Waals surface area contributed by atoms with E-state index in [0.717, 1.165) is 5.56 Å². The highest BCUT2D eigenvalue weighted by molar-refractivity contribution is 6.04. The Morgan fingerprint density at radius 1 is 1.16 bits per heavy atom. The average molecular weight is 441 g/mol. The van der Waals surface area contributed by atoms with Crippen molar-refractivity contribution in [1.29, 1.82) is 0 Å². The van der Waals surface area contributed by atoms with Crippen LogP contribution in [0.3, 0.4) is 0 Å². The van der Waals surface area contributed by atoms with E-state index in [9.17, 15) is 14.4 Å². The van der Waals surface area contributed by atoms with Gasteiger partial charge in [-0.25, -0.2) is 9.89 Å². The number of carbonyl (C=O) groups is 3. The van der Waals surface area contributed by atoms with Crippen molar-refractivity contribution in [2.45, 2.75) is 38.7 Å². The second-order valence-electron chi connectivity index (χ2n) is 8.82. The van der Waals surface area contributed by atoms with E-state index in [-0.39, 0.29) is 30.3 Å². The van der Waals surface area contributed by atoms with Crippen LogP contribution >= 0.6 is 0 Å². The maximum Gasteiger partial charge on any atom is 0.410 e. The van der Waals surface area contributed by atoms with Gasteiger partial charge in [0.1, 0.15) is 5.60 Å². The first kappa shape index (κ1) is 21.6. The number of amides is 3. The molecule has 1 saturated heterocycles. The number of para-hydroxylation sites is 1. The number of ether oxygens (including phenoxy) is 1. The number of aromatic nitrogens is 3. The van der Waals surface area contributed by atoms with Crippen LogP contribution in [0, 0.1) is 0 Å². The van der Waals surface area contributed by atoms with Crippen LogP contribution in [-0.4, -0.2) is 69.8 Å². The molecule has 1 fully saturated rings. The quantitative estimate of drug-likeness (QED) is 0.663. The zero-order valence-corrected chi connectivity index (χ0v) is 18.3. The van der Waals surface area contributed by atoms with Crippen LogP contribution in [0.1, 0.15) is 38.7 Å². The van der Waals surface area contributed by atoms with E-state index < -0.39 is 11.5 Å². The maximum absolute atomic E-state index is 12.8. The summed E-state index contributed by atoms with van der Waals surface area (Å²) in [4.78, 5) is 45.0. The molecule has 170 valence electrons. The molecule has 3 amide bonds. The number of piperazine rings is 1. The van der Waals surface area contributed by atoms with Gasteiger partial charge in [0.05, 0.1) is 5.92 Å². The minimum atomic E-state index is -0.606. The van der Waals surface area contributed by atoms with Crippen molar-refractivity contribution in [2.75, 3.05) is 41.7 Å². The maximum atomic E-state index is 12.8. The van der Waals surface area contributed by atoms with E-state index in [2.05, 4.69) is 25.8 Å². The normalized spacial score (nSPS) is 18.6. The molecule has 11 nitrogen and oxygen atoms in total. The average Bonchev–Trinajstić information content (AvgIpc) is 3.20. The minimum Gasteiger partial charge on any atom is -0.444 e. The topological polar surface area (TPSA) is 133 Å². The predicted octanol–water partition coefficient (Wildman–Crippen LogP) is 1.93. The molecular formula is C21H27N7O4. The minimum absolute atomic E-state index is 0.0659. The number of nitrogens with one attached hydrogen (secondary N) is 3. The largest absolute Gasteiger partial charge is 0.444 e. The van der Waals surface area contributed by atoms with Gasteiger partial charge in [0.15, 0.2) is 0 Å². The zero-order chi connectivity index (χ0) is 22.9. The van der Waals surface area contributed by atoms with E-state index in [4.69, 9.17) is 4.74 Å². The first-order valence-corrected chi connectivity index (χ1v) is 10.5. The van der Waals surface area contributed by atoms with Gasteiger partial charge in [0.2, 0.25) is 23.7 Å². The van der Waals surface area contributed by atoms with Crippen molar-refractivity contribution in [3.05, 3.63) is 29.8 Å².